The van der Waals surface area contributed by atoms with Crippen molar-refractivity contribution in [2.45, 2.75) is 62.9 Å². The second kappa shape index (κ2) is 2.26. The highest BCUT2D eigenvalue weighted by Crippen LogP contribution is 2.69. The van der Waals surface area contributed by atoms with E-state index >= 15 is 0 Å². The second-order valence-electron chi connectivity index (χ2n) is 6.16. The molecule has 0 radical (unpaired) electrons. The zero-order chi connectivity index (χ0) is 11.2. The van der Waals surface area contributed by atoms with Crippen LogP contribution in [0.2, 0.25) is 0 Å². The van der Waals surface area contributed by atoms with Gasteiger partial charge in [0.2, 0.25) is 0 Å². The van der Waals surface area contributed by atoms with E-state index in [0.717, 1.165) is 25.7 Å². The Morgan fingerprint density at radius 1 is 1.06 bits per heavy atom. The predicted octanol–water partition coefficient (Wildman–Crippen LogP) is 2.01. The number of carbonyl (C=O) groups excluding carboxylic acids is 1. The lowest BCUT2D eigenvalue weighted by molar-refractivity contribution is -0.228. The minimum absolute atomic E-state index is 0.0116. The van der Waals surface area contributed by atoms with Gasteiger partial charge in [-0.3, -0.25) is 0 Å². The monoisotopic (exact) mass is 224 g/mol. The highest BCUT2D eigenvalue weighted by atomic mass is 16.8. The average Bonchev–Trinajstić information content (AvgIpc) is 3.06. The third-order valence-electron chi connectivity index (χ3n) is 4.97. The topological polar surface area (TPSA) is 44.8 Å². The molecule has 4 heteroatoms. The molecule has 4 aliphatic rings. The van der Waals surface area contributed by atoms with E-state index in [4.69, 9.17) is 14.2 Å². The van der Waals surface area contributed by atoms with Gasteiger partial charge >= 0.3 is 6.16 Å². The largest absolute Gasteiger partial charge is 0.509 e. The van der Waals surface area contributed by atoms with E-state index in [-0.39, 0.29) is 28.8 Å². The summed E-state index contributed by atoms with van der Waals surface area (Å²) in [7, 11) is 0. The van der Waals surface area contributed by atoms with Gasteiger partial charge in [0.05, 0.1) is 5.60 Å². The summed E-state index contributed by atoms with van der Waals surface area (Å²) in [5, 5.41) is 0. The molecule has 0 aromatic carbocycles. The van der Waals surface area contributed by atoms with Gasteiger partial charge in [0.1, 0.15) is 5.60 Å². The molecule has 0 aromatic rings. The molecule has 0 bridgehead atoms. The molecule has 0 N–H and O–H groups in total. The number of carbonyl (C=O) groups is 1. The van der Waals surface area contributed by atoms with E-state index in [1.807, 2.05) is 0 Å². The minimum atomic E-state index is -0.506. The third-order valence-corrected chi connectivity index (χ3v) is 4.97. The molecule has 4 fully saturated rings. The third kappa shape index (κ3) is 0.851. The van der Waals surface area contributed by atoms with Crippen LogP contribution in [0.15, 0.2) is 0 Å². The van der Waals surface area contributed by atoms with Crippen LogP contribution in [0.4, 0.5) is 4.79 Å². The van der Waals surface area contributed by atoms with Crippen LogP contribution < -0.4 is 0 Å². The van der Waals surface area contributed by atoms with E-state index in [1.165, 1.54) is 0 Å². The van der Waals surface area contributed by atoms with Crippen molar-refractivity contribution in [3.63, 3.8) is 0 Å². The Morgan fingerprint density at radius 3 is 2.25 bits per heavy atom. The van der Waals surface area contributed by atoms with Crippen LogP contribution in [-0.4, -0.2) is 29.6 Å². The summed E-state index contributed by atoms with van der Waals surface area (Å²) in [5.74, 6) is 0. The predicted molar refractivity (Wildman–Crippen MR) is 53.9 cm³/mol. The van der Waals surface area contributed by atoms with Crippen LogP contribution in [0.1, 0.15) is 39.5 Å². The molecule has 88 valence electrons. The Bertz CT molecular complexity index is 378. The van der Waals surface area contributed by atoms with Gasteiger partial charge in [-0.2, -0.15) is 0 Å². The molecule has 0 aromatic heterocycles. The molecule has 0 amide bonds. The molecule has 4 rings (SSSR count). The molecule has 2 saturated heterocycles. The molecule has 2 heterocycles. The van der Waals surface area contributed by atoms with Crippen LogP contribution in [0.25, 0.3) is 0 Å². The summed E-state index contributed by atoms with van der Waals surface area (Å²) < 4.78 is 17.0. The van der Waals surface area contributed by atoms with Gasteiger partial charge in [0, 0.05) is 5.41 Å². The molecular formula is C12H16O4. The normalized spacial score (nSPS) is 43.8. The van der Waals surface area contributed by atoms with Gasteiger partial charge in [-0.15, -0.1) is 0 Å². The maximum Gasteiger partial charge on any atom is 0.509 e. The first-order valence-corrected chi connectivity index (χ1v) is 6.07. The SMILES string of the molecule is CC1(C)OC2(CC2)[C@@H]2OC(=O)O[C@@H]2C12CC2. The summed E-state index contributed by atoms with van der Waals surface area (Å²) in [6, 6.07) is 0. The van der Waals surface area contributed by atoms with Crippen molar-refractivity contribution in [3.05, 3.63) is 0 Å². The van der Waals surface area contributed by atoms with Crippen molar-refractivity contribution in [2.24, 2.45) is 5.41 Å². The summed E-state index contributed by atoms with van der Waals surface area (Å²) in [5.41, 5.74) is -0.412. The van der Waals surface area contributed by atoms with Crippen LogP contribution >= 0.6 is 0 Å². The maximum atomic E-state index is 11.4. The van der Waals surface area contributed by atoms with Crippen molar-refractivity contribution in [1.82, 2.24) is 0 Å². The van der Waals surface area contributed by atoms with Gasteiger partial charge in [0.15, 0.2) is 12.2 Å². The number of hydrogen-bond donors (Lipinski definition) is 0. The van der Waals surface area contributed by atoms with Crippen LogP contribution in [0, 0.1) is 5.41 Å². The molecule has 4 nitrogen and oxygen atoms in total. The fourth-order valence-corrected chi connectivity index (χ4v) is 3.69. The zero-order valence-electron chi connectivity index (χ0n) is 9.62. The quantitative estimate of drug-likeness (QED) is 0.590. The molecular weight excluding hydrogens is 208 g/mol. The molecule has 2 aliphatic carbocycles. The molecule has 16 heavy (non-hydrogen) atoms. The van der Waals surface area contributed by atoms with Gasteiger partial charge < -0.3 is 14.2 Å². The standard InChI is InChI=1S/C12H16O4/c1-10(2)11(3-4-11)7-8(15-9(13)14-7)12(16-10)5-6-12/h7-8H,3-6H2,1-2H3/t7-,8+/m0/s1. The summed E-state index contributed by atoms with van der Waals surface area (Å²) in [4.78, 5) is 11.4. The van der Waals surface area contributed by atoms with Crippen LogP contribution in [0.3, 0.4) is 0 Å². The molecule has 2 aliphatic heterocycles. The van der Waals surface area contributed by atoms with Crippen molar-refractivity contribution in [1.29, 1.82) is 0 Å². The fraction of sp³-hybridized carbons (Fsp3) is 0.917. The average molecular weight is 224 g/mol. The number of ether oxygens (including phenoxy) is 3. The number of fused-ring (bicyclic) bond motifs is 3. The Kier molecular flexibility index (Phi) is 1.31. The fourth-order valence-electron chi connectivity index (χ4n) is 3.69. The van der Waals surface area contributed by atoms with Gasteiger partial charge in [-0.1, -0.05) is 0 Å². The molecule has 2 atom stereocenters. The van der Waals surface area contributed by atoms with E-state index in [9.17, 15) is 4.79 Å². The lowest BCUT2D eigenvalue weighted by atomic mass is 9.75. The van der Waals surface area contributed by atoms with Crippen LogP contribution in [-0.2, 0) is 14.2 Å². The van der Waals surface area contributed by atoms with E-state index in [1.54, 1.807) is 0 Å². The Labute approximate surface area is 94.2 Å². The van der Waals surface area contributed by atoms with Crippen molar-refractivity contribution >= 4 is 6.16 Å². The first-order valence-electron chi connectivity index (χ1n) is 6.07. The van der Waals surface area contributed by atoms with Crippen molar-refractivity contribution in [3.8, 4) is 0 Å². The first-order chi connectivity index (χ1) is 7.49. The van der Waals surface area contributed by atoms with Gasteiger partial charge in [-0.25, -0.2) is 4.79 Å². The molecule has 2 spiro atoms. The zero-order valence-corrected chi connectivity index (χ0v) is 9.62. The smallest absolute Gasteiger partial charge is 0.426 e. The van der Waals surface area contributed by atoms with Crippen molar-refractivity contribution < 1.29 is 19.0 Å². The van der Waals surface area contributed by atoms with E-state index in [0.29, 0.717) is 0 Å². The number of hydrogen-bond acceptors (Lipinski definition) is 4. The van der Waals surface area contributed by atoms with Crippen LogP contribution in [0.5, 0.6) is 0 Å². The van der Waals surface area contributed by atoms with Gasteiger partial charge in [0.25, 0.3) is 0 Å². The maximum absolute atomic E-state index is 11.4. The summed E-state index contributed by atoms with van der Waals surface area (Å²) in [6.07, 6.45) is 3.40. The second-order valence-corrected chi connectivity index (χ2v) is 6.16. The Balaban J connectivity index is 1.79. The lowest BCUT2D eigenvalue weighted by Gasteiger charge is -2.48. The van der Waals surface area contributed by atoms with Crippen molar-refractivity contribution in [2.75, 3.05) is 0 Å². The summed E-state index contributed by atoms with van der Waals surface area (Å²) in [6.45, 7) is 4.25. The number of rotatable bonds is 0. The van der Waals surface area contributed by atoms with E-state index in [2.05, 4.69) is 13.8 Å². The van der Waals surface area contributed by atoms with E-state index < -0.39 is 6.16 Å². The van der Waals surface area contributed by atoms with Gasteiger partial charge in [-0.05, 0) is 39.5 Å². The highest BCUT2D eigenvalue weighted by Gasteiger charge is 2.77. The lowest BCUT2D eigenvalue weighted by Crippen LogP contribution is -2.60. The first kappa shape index (κ1) is 9.28. The summed E-state index contributed by atoms with van der Waals surface area (Å²) >= 11 is 0. The molecule has 0 unspecified atom stereocenters. The Hall–Kier alpha value is -0.770. The highest BCUT2D eigenvalue weighted by molar-refractivity contribution is 5.64. The molecule has 2 saturated carbocycles. The minimum Gasteiger partial charge on any atom is -0.426 e. The Morgan fingerprint density at radius 2 is 1.69 bits per heavy atom.